The molecule has 2 aromatic rings. The summed E-state index contributed by atoms with van der Waals surface area (Å²) in [5, 5.41) is 10.2. The lowest BCUT2D eigenvalue weighted by atomic mass is 10.1. The lowest BCUT2D eigenvalue weighted by Gasteiger charge is -2.12. The molecular formula is C13H17N3O. The van der Waals surface area contributed by atoms with Crippen molar-refractivity contribution in [1.82, 2.24) is 15.5 Å². The van der Waals surface area contributed by atoms with Crippen LogP contribution >= 0.6 is 0 Å². The number of hydrogen-bond acceptors (Lipinski definition) is 3. The molecule has 2 N–H and O–H groups in total. The number of benzene rings is 1. The molecule has 0 fully saturated rings. The Bertz CT molecular complexity index is 453. The standard InChI is InChI=1S/C13H17N3O/c1-10(12-8-15-16-9-12)14-7-11-4-3-5-13(6-11)17-2/h3-6,8-10,14H,7H2,1-2H3,(H,15,16). The van der Waals surface area contributed by atoms with Gasteiger partial charge in [0.2, 0.25) is 0 Å². The van der Waals surface area contributed by atoms with Gasteiger partial charge in [-0.2, -0.15) is 5.10 Å². The number of aromatic amines is 1. The van der Waals surface area contributed by atoms with Crippen LogP contribution in [-0.2, 0) is 6.54 Å². The first-order chi connectivity index (χ1) is 8.29. The van der Waals surface area contributed by atoms with Gasteiger partial charge in [-0.3, -0.25) is 5.10 Å². The molecule has 17 heavy (non-hydrogen) atoms. The lowest BCUT2D eigenvalue weighted by molar-refractivity contribution is 0.414. The van der Waals surface area contributed by atoms with E-state index in [-0.39, 0.29) is 6.04 Å². The van der Waals surface area contributed by atoms with E-state index in [4.69, 9.17) is 4.74 Å². The molecule has 0 aliphatic carbocycles. The Labute approximate surface area is 101 Å². The fraction of sp³-hybridized carbons (Fsp3) is 0.308. The van der Waals surface area contributed by atoms with Gasteiger partial charge < -0.3 is 10.1 Å². The number of rotatable bonds is 5. The highest BCUT2D eigenvalue weighted by Gasteiger charge is 2.05. The van der Waals surface area contributed by atoms with Crippen LogP contribution in [0.5, 0.6) is 5.75 Å². The molecule has 0 radical (unpaired) electrons. The van der Waals surface area contributed by atoms with Gasteiger partial charge >= 0.3 is 0 Å². The first kappa shape index (κ1) is 11.7. The minimum Gasteiger partial charge on any atom is -0.497 e. The molecule has 0 bridgehead atoms. The molecule has 1 aromatic heterocycles. The fourth-order valence-corrected chi connectivity index (χ4v) is 1.67. The van der Waals surface area contributed by atoms with Gasteiger partial charge in [-0.1, -0.05) is 12.1 Å². The quantitative estimate of drug-likeness (QED) is 0.830. The molecule has 1 atom stereocenters. The van der Waals surface area contributed by atoms with E-state index in [0.717, 1.165) is 17.9 Å². The molecule has 0 saturated carbocycles. The molecular weight excluding hydrogens is 214 g/mol. The summed E-state index contributed by atoms with van der Waals surface area (Å²) in [6.07, 6.45) is 3.74. The summed E-state index contributed by atoms with van der Waals surface area (Å²) in [5.74, 6) is 0.889. The smallest absolute Gasteiger partial charge is 0.119 e. The van der Waals surface area contributed by atoms with Crippen molar-refractivity contribution in [2.45, 2.75) is 19.5 Å². The van der Waals surface area contributed by atoms with E-state index in [1.165, 1.54) is 5.56 Å². The Morgan fingerprint density at radius 3 is 3.06 bits per heavy atom. The number of aromatic nitrogens is 2. The van der Waals surface area contributed by atoms with Gasteiger partial charge in [0.15, 0.2) is 0 Å². The van der Waals surface area contributed by atoms with Crippen LogP contribution in [0.15, 0.2) is 36.7 Å². The molecule has 90 valence electrons. The Balaban J connectivity index is 1.93. The van der Waals surface area contributed by atoms with Crippen molar-refractivity contribution < 1.29 is 4.74 Å². The zero-order valence-electron chi connectivity index (χ0n) is 10.1. The predicted molar refractivity (Wildman–Crippen MR) is 66.8 cm³/mol. The van der Waals surface area contributed by atoms with Crippen LogP contribution in [0, 0.1) is 0 Å². The topological polar surface area (TPSA) is 49.9 Å². The minimum atomic E-state index is 0.278. The fourth-order valence-electron chi connectivity index (χ4n) is 1.67. The molecule has 1 aromatic carbocycles. The predicted octanol–water partition coefficient (Wildman–Crippen LogP) is 2.27. The number of nitrogens with zero attached hydrogens (tertiary/aromatic N) is 1. The second-order valence-electron chi connectivity index (χ2n) is 3.99. The van der Waals surface area contributed by atoms with E-state index >= 15 is 0 Å². The first-order valence-corrected chi connectivity index (χ1v) is 5.64. The summed E-state index contributed by atoms with van der Waals surface area (Å²) in [6, 6.07) is 8.34. The van der Waals surface area contributed by atoms with Crippen LogP contribution in [0.4, 0.5) is 0 Å². The normalized spacial score (nSPS) is 12.4. The van der Waals surface area contributed by atoms with Crippen molar-refractivity contribution in [3.05, 3.63) is 47.8 Å². The molecule has 1 unspecified atom stereocenters. The minimum absolute atomic E-state index is 0.278. The SMILES string of the molecule is COc1cccc(CNC(C)c2cn[nH]c2)c1. The summed E-state index contributed by atoms with van der Waals surface area (Å²) < 4.78 is 5.19. The molecule has 1 heterocycles. The summed E-state index contributed by atoms with van der Waals surface area (Å²) in [6.45, 7) is 2.93. The maximum absolute atomic E-state index is 5.19. The van der Waals surface area contributed by atoms with Crippen molar-refractivity contribution in [3.63, 3.8) is 0 Å². The molecule has 4 nitrogen and oxygen atoms in total. The lowest BCUT2D eigenvalue weighted by Crippen LogP contribution is -2.17. The van der Waals surface area contributed by atoms with Crippen LogP contribution in [0.1, 0.15) is 24.1 Å². The van der Waals surface area contributed by atoms with Crippen LogP contribution in [0.3, 0.4) is 0 Å². The zero-order chi connectivity index (χ0) is 12.1. The maximum atomic E-state index is 5.19. The second-order valence-corrected chi connectivity index (χ2v) is 3.99. The largest absolute Gasteiger partial charge is 0.497 e. The Morgan fingerprint density at radius 2 is 2.35 bits per heavy atom. The molecule has 0 aliphatic heterocycles. The van der Waals surface area contributed by atoms with Gasteiger partial charge in [0.05, 0.1) is 13.3 Å². The zero-order valence-corrected chi connectivity index (χ0v) is 10.1. The molecule has 0 amide bonds. The third-order valence-electron chi connectivity index (χ3n) is 2.77. The van der Waals surface area contributed by atoms with E-state index in [0.29, 0.717) is 0 Å². The van der Waals surface area contributed by atoms with Gasteiger partial charge in [0, 0.05) is 24.3 Å². The molecule has 0 spiro atoms. The van der Waals surface area contributed by atoms with Crippen LogP contribution in [-0.4, -0.2) is 17.3 Å². The van der Waals surface area contributed by atoms with Crippen molar-refractivity contribution >= 4 is 0 Å². The highest BCUT2D eigenvalue weighted by molar-refractivity contribution is 5.28. The van der Waals surface area contributed by atoms with Crippen molar-refractivity contribution in [1.29, 1.82) is 0 Å². The van der Waals surface area contributed by atoms with Gasteiger partial charge in [-0.05, 0) is 24.6 Å². The number of nitrogens with one attached hydrogen (secondary N) is 2. The first-order valence-electron chi connectivity index (χ1n) is 5.64. The van der Waals surface area contributed by atoms with Gasteiger partial charge in [0.25, 0.3) is 0 Å². The monoisotopic (exact) mass is 231 g/mol. The van der Waals surface area contributed by atoms with Crippen molar-refractivity contribution in [2.24, 2.45) is 0 Å². The van der Waals surface area contributed by atoms with Gasteiger partial charge in [-0.15, -0.1) is 0 Å². The highest BCUT2D eigenvalue weighted by atomic mass is 16.5. The summed E-state index contributed by atoms with van der Waals surface area (Å²) in [5.41, 5.74) is 2.37. The van der Waals surface area contributed by atoms with Gasteiger partial charge in [0.1, 0.15) is 5.75 Å². The van der Waals surface area contributed by atoms with Crippen LogP contribution in [0.25, 0.3) is 0 Å². The average molecular weight is 231 g/mol. The molecule has 0 aliphatic rings. The third kappa shape index (κ3) is 3.07. The molecule has 2 rings (SSSR count). The number of hydrogen-bond donors (Lipinski definition) is 2. The third-order valence-corrected chi connectivity index (χ3v) is 2.77. The Hall–Kier alpha value is -1.81. The van der Waals surface area contributed by atoms with E-state index in [9.17, 15) is 0 Å². The number of H-pyrrole nitrogens is 1. The highest BCUT2D eigenvalue weighted by Crippen LogP contribution is 2.14. The van der Waals surface area contributed by atoms with Gasteiger partial charge in [-0.25, -0.2) is 0 Å². The van der Waals surface area contributed by atoms with Crippen molar-refractivity contribution in [3.8, 4) is 5.75 Å². The van der Waals surface area contributed by atoms with E-state index in [1.54, 1.807) is 7.11 Å². The maximum Gasteiger partial charge on any atom is 0.119 e. The van der Waals surface area contributed by atoms with E-state index < -0.39 is 0 Å². The van der Waals surface area contributed by atoms with E-state index in [2.05, 4.69) is 28.5 Å². The Morgan fingerprint density at radius 1 is 1.47 bits per heavy atom. The van der Waals surface area contributed by atoms with E-state index in [1.807, 2.05) is 30.6 Å². The summed E-state index contributed by atoms with van der Waals surface area (Å²) in [4.78, 5) is 0. The Kier molecular flexibility index (Phi) is 3.77. The second kappa shape index (κ2) is 5.50. The van der Waals surface area contributed by atoms with Crippen LogP contribution < -0.4 is 10.1 Å². The summed E-state index contributed by atoms with van der Waals surface area (Å²) >= 11 is 0. The molecule has 4 heteroatoms. The van der Waals surface area contributed by atoms with Crippen molar-refractivity contribution in [2.75, 3.05) is 7.11 Å². The summed E-state index contributed by atoms with van der Waals surface area (Å²) in [7, 11) is 1.68. The van der Waals surface area contributed by atoms with Crippen LogP contribution in [0.2, 0.25) is 0 Å². The average Bonchev–Trinajstić information content (AvgIpc) is 2.90. The molecule has 0 saturated heterocycles. The number of ether oxygens (including phenoxy) is 1. The number of methoxy groups -OCH3 is 1.